The highest BCUT2D eigenvalue weighted by Gasteiger charge is 2.24. The zero-order valence-corrected chi connectivity index (χ0v) is 31.0. The van der Waals surface area contributed by atoms with Crippen molar-refractivity contribution in [3.63, 3.8) is 0 Å². The highest BCUT2D eigenvalue weighted by Crippen LogP contribution is 2.38. The van der Waals surface area contributed by atoms with Crippen molar-refractivity contribution in [2.45, 2.75) is 0 Å². The maximum atomic E-state index is 2.48. The second kappa shape index (κ2) is 15.9. The van der Waals surface area contributed by atoms with Gasteiger partial charge in [0.2, 0.25) is 0 Å². The van der Waals surface area contributed by atoms with Crippen LogP contribution in [0.3, 0.4) is 0 Å². The smallest absolute Gasteiger partial charge is 0.00731 e. The maximum Gasteiger partial charge on any atom is -0.00731 e. The summed E-state index contributed by atoms with van der Waals surface area (Å²) in [6.07, 6.45) is 0. The summed E-state index contributed by atoms with van der Waals surface area (Å²) in [4.78, 5) is 0. The summed E-state index contributed by atoms with van der Waals surface area (Å²) in [6.45, 7) is 0. The van der Waals surface area contributed by atoms with Gasteiger partial charge in [-0.25, -0.2) is 0 Å². The molecule has 8 aromatic carbocycles. The minimum atomic E-state index is -0.796. The minimum absolute atomic E-state index is 0.454. The number of hydrogen-bond donors (Lipinski definition) is 0. The van der Waals surface area contributed by atoms with Crippen LogP contribution in [-0.4, -0.2) is 0 Å². The second-order valence-corrected chi connectivity index (χ2v) is 18.0. The normalized spacial score (nSPS) is 11.2. The average molecular weight is 707 g/mol. The molecule has 0 unspecified atom stereocenters. The largest absolute Gasteiger partial charge is 0.0622 e. The van der Waals surface area contributed by atoms with Crippen LogP contribution in [0.15, 0.2) is 218 Å². The first-order chi connectivity index (χ1) is 25.3. The molecule has 0 aliphatic heterocycles. The van der Waals surface area contributed by atoms with E-state index < -0.39 is 15.8 Å². The van der Waals surface area contributed by atoms with Gasteiger partial charge in [-0.1, -0.05) is 215 Å². The quantitative estimate of drug-likeness (QED) is 0.125. The summed E-state index contributed by atoms with van der Waals surface area (Å²) in [6, 6.07) is 80.6. The zero-order chi connectivity index (χ0) is 34.2. The van der Waals surface area contributed by atoms with Crippen molar-refractivity contribution in [3.8, 4) is 22.3 Å². The van der Waals surface area contributed by atoms with E-state index in [0.717, 1.165) is 0 Å². The highest BCUT2D eigenvalue weighted by molar-refractivity contribution is 7.82. The van der Waals surface area contributed by atoms with E-state index in [-0.39, 0.29) is 0 Å². The van der Waals surface area contributed by atoms with Gasteiger partial charge in [0.1, 0.15) is 0 Å². The van der Waals surface area contributed by atoms with Gasteiger partial charge in [0.15, 0.2) is 0 Å². The Kier molecular flexibility index (Phi) is 10.4. The van der Waals surface area contributed by atoms with Crippen LogP contribution in [0.2, 0.25) is 0 Å². The minimum Gasteiger partial charge on any atom is -0.0622 e. The zero-order valence-electron chi connectivity index (χ0n) is 28.2. The first kappa shape index (κ1) is 33.2. The van der Waals surface area contributed by atoms with Crippen molar-refractivity contribution in [1.29, 1.82) is 0 Å². The van der Waals surface area contributed by atoms with Crippen molar-refractivity contribution in [2.75, 3.05) is 0 Å². The Balaban J connectivity index is 1.36. The van der Waals surface area contributed by atoms with Crippen molar-refractivity contribution in [1.82, 2.24) is 0 Å². The molecule has 0 radical (unpaired) electrons. The van der Waals surface area contributed by atoms with E-state index in [1.807, 2.05) is 0 Å². The SMILES string of the molecule is c1ccc(-c2ccc(P(c3ccccc3)c3ccccc3)c(Pc3cc(-c4ccccc4)ccc3P(c3ccccc3)c3ccccc3)c2)cc1. The molecule has 3 heteroatoms. The van der Waals surface area contributed by atoms with Gasteiger partial charge in [-0.15, -0.1) is 0 Å². The fraction of sp³-hybridized carbons (Fsp3) is 0. The van der Waals surface area contributed by atoms with Crippen LogP contribution in [0, 0.1) is 0 Å². The molecule has 0 saturated heterocycles. The molecule has 0 bridgehead atoms. The van der Waals surface area contributed by atoms with E-state index in [2.05, 4.69) is 218 Å². The Morgan fingerprint density at radius 1 is 0.255 bits per heavy atom. The Bertz CT molecular complexity index is 2060. The van der Waals surface area contributed by atoms with Crippen LogP contribution in [-0.2, 0) is 0 Å². The first-order valence-corrected chi connectivity index (χ1v) is 21.0. The summed E-state index contributed by atoms with van der Waals surface area (Å²) >= 11 is 0. The molecule has 244 valence electrons. The molecule has 0 spiro atoms. The summed E-state index contributed by atoms with van der Waals surface area (Å²) in [7, 11) is -1.14. The molecule has 0 aliphatic rings. The lowest BCUT2D eigenvalue weighted by Crippen LogP contribution is -2.33. The van der Waals surface area contributed by atoms with Crippen molar-refractivity contribution >= 4 is 66.9 Å². The number of hydrogen-bond acceptors (Lipinski definition) is 0. The van der Waals surface area contributed by atoms with Gasteiger partial charge >= 0.3 is 0 Å². The van der Waals surface area contributed by atoms with E-state index in [9.17, 15) is 0 Å². The number of rotatable bonds is 10. The Morgan fingerprint density at radius 2 is 0.529 bits per heavy atom. The maximum absolute atomic E-state index is 2.48. The molecule has 0 N–H and O–H groups in total. The van der Waals surface area contributed by atoms with Gasteiger partial charge in [0.25, 0.3) is 0 Å². The van der Waals surface area contributed by atoms with Gasteiger partial charge in [-0.05, 0) is 92.7 Å². The van der Waals surface area contributed by atoms with E-state index in [0.29, 0.717) is 8.58 Å². The topological polar surface area (TPSA) is 0 Å². The summed E-state index contributed by atoms with van der Waals surface area (Å²) < 4.78 is 0. The van der Waals surface area contributed by atoms with Crippen LogP contribution < -0.4 is 42.4 Å². The predicted octanol–water partition coefficient (Wildman–Crippen LogP) is 9.17. The molecule has 0 amide bonds. The fourth-order valence-electron chi connectivity index (χ4n) is 6.59. The molecule has 0 atom stereocenters. The monoisotopic (exact) mass is 706 g/mol. The third-order valence-electron chi connectivity index (χ3n) is 9.02. The molecule has 0 nitrogen and oxygen atoms in total. The lowest BCUT2D eigenvalue weighted by atomic mass is 10.1. The van der Waals surface area contributed by atoms with Crippen molar-refractivity contribution < 1.29 is 0 Å². The molecule has 0 saturated carbocycles. The highest BCUT2D eigenvalue weighted by atomic mass is 31.1. The van der Waals surface area contributed by atoms with Crippen LogP contribution >= 0.6 is 24.4 Å². The van der Waals surface area contributed by atoms with Crippen LogP contribution in [0.25, 0.3) is 22.3 Å². The molecular formula is C48H37P3. The average Bonchev–Trinajstić information content (AvgIpc) is 3.21. The van der Waals surface area contributed by atoms with E-state index in [1.54, 1.807) is 0 Å². The third kappa shape index (κ3) is 7.57. The molecule has 8 aromatic rings. The molecule has 0 aliphatic carbocycles. The van der Waals surface area contributed by atoms with E-state index in [4.69, 9.17) is 0 Å². The standard InChI is InChI=1S/C48H37P3/c1-7-19-37(20-8-1)39-31-33-47(50(41-23-11-3-12-24-41)42-25-13-4-14-26-42)45(35-39)49-46-36-40(38-21-9-2-10-22-38)32-34-48(46)51(43-27-15-5-16-28-43)44-29-17-6-18-30-44/h1-36,49H. The summed E-state index contributed by atoms with van der Waals surface area (Å²) in [5, 5.41) is 11.1. The number of benzene rings is 8. The molecule has 0 fully saturated rings. The Labute approximate surface area is 306 Å². The van der Waals surface area contributed by atoms with Crippen LogP contribution in [0.5, 0.6) is 0 Å². The second-order valence-electron chi connectivity index (χ2n) is 12.3. The van der Waals surface area contributed by atoms with Crippen LogP contribution in [0.4, 0.5) is 0 Å². The van der Waals surface area contributed by atoms with E-state index >= 15 is 0 Å². The molecule has 51 heavy (non-hydrogen) atoms. The van der Waals surface area contributed by atoms with Gasteiger partial charge in [-0.3, -0.25) is 0 Å². The molecule has 8 rings (SSSR count). The summed E-state index contributed by atoms with van der Waals surface area (Å²) in [5.74, 6) is 0. The molecule has 0 heterocycles. The predicted molar refractivity (Wildman–Crippen MR) is 229 cm³/mol. The van der Waals surface area contributed by atoms with Crippen LogP contribution in [0.1, 0.15) is 0 Å². The van der Waals surface area contributed by atoms with Crippen molar-refractivity contribution in [2.24, 2.45) is 0 Å². The van der Waals surface area contributed by atoms with Gasteiger partial charge in [0.05, 0.1) is 0 Å². The molecular weight excluding hydrogens is 669 g/mol. The lowest BCUT2D eigenvalue weighted by Gasteiger charge is -2.26. The fourth-order valence-corrected chi connectivity index (χ4v) is 13.4. The van der Waals surface area contributed by atoms with Gasteiger partial charge in [0, 0.05) is 0 Å². The first-order valence-electron chi connectivity index (χ1n) is 17.3. The van der Waals surface area contributed by atoms with Crippen molar-refractivity contribution in [3.05, 3.63) is 218 Å². The third-order valence-corrected chi connectivity index (χ3v) is 15.8. The van der Waals surface area contributed by atoms with Gasteiger partial charge in [-0.2, -0.15) is 0 Å². The van der Waals surface area contributed by atoms with E-state index in [1.165, 1.54) is 64.7 Å². The Hall–Kier alpha value is -4.95. The van der Waals surface area contributed by atoms with Gasteiger partial charge < -0.3 is 0 Å². The summed E-state index contributed by atoms with van der Waals surface area (Å²) in [5.41, 5.74) is 5.00. The Morgan fingerprint density at radius 3 is 0.824 bits per heavy atom. The lowest BCUT2D eigenvalue weighted by molar-refractivity contribution is 1.65. The molecule has 0 aromatic heterocycles.